The monoisotopic (exact) mass is 604 g/mol. The first kappa shape index (κ1) is 33.4. The largest absolute Gasteiger partial charge is 0.366 e. The molecule has 0 spiro atoms. The summed E-state index contributed by atoms with van der Waals surface area (Å²) in [6.07, 6.45) is 33.5. The number of nitrogens with zero attached hydrogens (tertiary/aromatic N) is 3. The molecule has 0 saturated carbocycles. The first-order valence-corrected chi connectivity index (χ1v) is 16.5. The standard InChI is InChI=1S/C39H48N4O2/c1-2-3-4-5-6-7-8-9-10-11-12-13-14-15-16-17-18-24-37(44)42-29-20-22-33(30-42)32-25-27-35(28-26-32)43-31-34-21-19-23-36(39(40)45)38(34)41-43/h3-4,6-7,9-10,12-13,15-16,19,21,23,25-28,31,33H,2,5,8,11,14,17-18,20,22,24,29-30H2,1H3,(H2,40,45). The Balaban J connectivity index is 1.14. The number of nitrogens with two attached hydrogens (primary N) is 1. The van der Waals surface area contributed by atoms with E-state index in [1.807, 2.05) is 23.2 Å². The highest BCUT2D eigenvalue weighted by Crippen LogP contribution is 2.28. The molecule has 1 saturated heterocycles. The van der Waals surface area contributed by atoms with Crippen LogP contribution in [0, 0.1) is 0 Å². The molecule has 2 N–H and O–H groups in total. The molecule has 3 aromatic rings. The number of amides is 2. The van der Waals surface area contributed by atoms with Crippen LogP contribution in [0.5, 0.6) is 0 Å². The van der Waals surface area contributed by atoms with Crippen molar-refractivity contribution >= 4 is 22.7 Å². The molecule has 1 aliphatic heterocycles. The molecule has 2 aromatic carbocycles. The molecule has 6 nitrogen and oxygen atoms in total. The Hall–Kier alpha value is -4.45. The van der Waals surface area contributed by atoms with E-state index in [0.717, 1.165) is 82.0 Å². The minimum Gasteiger partial charge on any atom is -0.366 e. The third-order valence-electron chi connectivity index (χ3n) is 8.12. The van der Waals surface area contributed by atoms with Crippen molar-refractivity contribution in [3.05, 3.63) is 121 Å². The maximum atomic E-state index is 13.0. The second-order valence-corrected chi connectivity index (χ2v) is 11.6. The number of likely N-dealkylation sites (tertiary alicyclic amines) is 1. The Morgan fingerprint density at radius 3 is 2.16 bits per heavy atom. The van der Waals surface area contributed by atoms with Crippen LogP contribution in [0.4, 0.5) is 0 Å². The van der Waals surface area contributed by atoms with Crippen molar-refractivity contribution in [1.29, 1.82) is 0 Å². The van der Waals surface area contributed by atoms with Crippen molar-refractivity contribution in [2.75, 3.05) is 13.1 Å². The van der Waals surface area contributed by atoms with Gasteiger partial charge in [0.15, 0.2) is 0 Å². The van der Waals surface area contributed by atoms with Crippen molar-refractivity contribution in [3.8, 4) is 5.69 Å². The van der Waals surface area contributed by atoms with E-state index in [1.165, 1.54) is 5.56 Å². The van der Waals surface area contributed by atoms with Gasteiger partial charge in [-0.3, -0.25) is 9.59 Å². The fourth-order valence-electron chi connectivity index (χ4n) is 5.65. The van der Waals surface area contributed by atoms with Gasteiger partial charge in [-0.2, -0.15) is 5.10 Å². The van der Waals surface area contributed by atoms with E-state index in [-0.39, 0.29) is 5.91 Å². The quantitative estimate of drug-likeness (QED) is 0.131. The maximum Gasteiger partial charge on any atom is 0.250 e. The minimum absolute atomic E-state index is 0.261. The zero-order valence-corrected chi connectivity index (χ0v) is 26.7. The third kappa shape index (κ3) is 10.6. The lowest BCUT2D eigenvalue weighted by Gasteiger charge is -2.33. The fraction of sp³-hybridized carbons (Fsp3) is 0.359. The van der Waals surface area contributed by atoms with E-state index in [9.17, 15) is 9.59 Å². The number of allylic oxidation sites excluding steroid dienone is 10. The van der Waals surface area contributed by atoms with E-state index in [0.29, 0.717) is 23.4 Å². The van der Waals surface area contributed by atoms with Crippen LogP contribution in [0.25, 0.3) is 16.6 Å². The van der Waals surface area contributed by atoms with Crippen LogP contribution in [0.2, 0.25) is 0 Å². The summed E-state index contributed by atoms with van der Waals surface area (Å²) in [5, 5.41) is 5.49. The third-order valence-corrected chi connectivity index (χ3v) is 8.12. The van der Waals surface area contributed by atoms with Gasteiger partial charge in [-0.05, 0) is 81.5 Å². The van der Waals surface area contributed by atoms with E-state index in [2.05, 4.69) is 97.0 Å². The summed E-state index contributed by atoms with van der Waals surface area (Å²) in [6, 6.07) is 13.8. The van der Waals surface area contributed by atoms with Gasteiger partial charge in [0.1, 0.15) is 5.52 Å². The Morgan fingerprint density at radius 1 is 0.867 bits per heavy atom. The average molecular weight is 605 g/mol. The van der Waals surface area contributed by atoms with E-state index >= 15 is 0 Å². The summed E-state index contributed by atoms with van der Waals surface area (Å²) in [5.41, 5.74) is 8.72. The van der Waals surface area contributed by atoms with Crippen molar-refractivity contribution in [3.63, 3.8) is 0 Å². The number of rotatable bonds is 16. The molecule has 1 fully saturated rings. The number of hydrogen-bond donors (Lipinski definition) is 1. The van der Waals surface area contributed by atoms with Gasteiger partial charge in [0, 0.05) is 37.0 Å². The number of piperidine rings is 1. The van der Waals surface area contributed by atoms with Gasteiger partial charge in [-0.25, -0.2) is 4.68 Å². The molecule has 6 heteroatoms. The highest BCUT2D eigenvalue weighted by molar-refractivity contribution is 6.04. The van der Waals surface area contributed by atoms with Crippen LogP contribution < -0.4 is 5.73 Å². The summed E-state index contributed by atoms with van der Waals surface area (Å²) in [7, 11) is 0. The smallest absolute Gasteiger partial charge is 0.250 e. The molecule has 45 heavy (non-hydrogen) atoms. The zero-order valence-electron chi connectivity index (χ0n) is 26.7. The lowest BCUT2D eigenvalue weighted by Crippen LogP contribution is -2.39. The number of benzene rings is 2. The van der Waals surface area contributed by atoms with E-state index in [1.54, 1.807) is 10.7 Å². The van der Waals surface area contributed by atoms with Crippen LogP contribution >= 0.6 is 0 Å². The molecular formula is C39H48N4O2. The van der Waals surface area contributed by atoms with Crippen LogP contribution in [0.3, 0.4) is 0 Å². The molecule has 4 rings (SSSR count). The van der Waals surface area contributed by atoms with Crippen LogP contribution in [-0.2, 0) is 4.79 Å². The average Bonchev–Trinajstić information content (AvgIpc) is 3.51. The Kier molecular flexibility index (Phi) is 13.7. The summed E-state index contributed by atoms with van der Waals surface area (Å²) < 4.78 is 1.79. The predicted molar refractivity (Wildman–Crippen MR) is 186 cm³/mol. The number of hydrogen-bond acceptors (Lipinski definition) is 3. The number of carbonyl (C=O) groups excluding carboxylic acids is 2. The molecule has 0 radical (unpaired) electrons. The number of unbranched alkanes of at least 4 members (excludes halogenated alkanes) is 1. The van der Waals surface area contributed by atoms with Crippen molar-refractivity contribution < 1.29 is 9.59 Å². The number of primary amides is 1. The Morgan fingerprint density at radius 2 is 1.51 bits per heavy atom. The highest BCUT2D eigenvalue weighted by Gasteiger charge is 2.24. The van der Waals surface area contributed by atoms with Crippen LogP contribution in [0.15, 0.2) is 109 Å². The SMILES string of the molecule is CCC=CCC=CCC=CCC=CCC=CCCCC(=O)N1CCCC(c2ccc(-n3cc4cccc(C(N)=O)c4n3)cc2)C1. The van der Waals surface area contributed by atoms with Gasteiger partial charge in [0.2, 0.25) is 5.91 Å². The van der Waals surface area contributed by atoms with Crippen LogP contribution in [0.1, 0.15) is 93.0 Å². The molecular weight excluding hydrogens is 556 g/mol. The first-order chi connectivity index (χ1) is 22.1. The first-order valence-electron chi connectivity index (χ1n) is 16.5. The topological polar surface area (TPSA) is 81.2 Å². The summed E-state index contributed by atoms with van der Waals surface area (Å²) in [5.74, 6) is 0.116. The number of aromatic nitrogens is 2. The van der Waals surface area contributed by atoms with Gasteiger partial charge < -0.3 is 10.6 Å². The summed E-state index contributed by atoms with van der Waals surface area (Å²) in [6.45, 7) is 3.77. The maximum absolute atomic E-state index is 13.0. The summed E-state index contributed by atoms with van der Waals surface area (Å²) >= 11 is 0. The Bertz CT molecular complexity index is 1520. The van der Waals surface area contributed by atoms with E-state index in [4.69, 9.17) is 5.73 Å². The number of fused-ring (bicyclic) bond motifs is 1. The van der Waals surface area contributed by atoms with Crippen LogP contribution in [-0.4, -0.2) is 39.6 Å². The zero-order chi connectivity index (χ0) is 31.7. The van der Waals surface area contributed by atoms with Gasteiger partial charge in [0.05, 0.1) is 11.3 Å². The molecule has 0 aliphatic carbocycles. The van der Waals surface area contributed by atoms with Crippen molar-refractivity contribution in [2.24, 2.45) is 5.73 Å². The molecule has 1 atom stereocenters. The lowest BCUT2D eigenvalue weighted by atomic mass is 9.90. The van der Waals surface area contributed by atoms with Gasteiger partial charge in [-0.15, -0.1) is 0 Å². The van der Waals surface area contributed by atoms with Crippen molar-refractivity contribution in [2.45, 2.75) is 77.0 Å². The van der Waals surface area contributed by atoms with Gasteiger partial charge in [0.25, 0.3) is 5.91 Å². The molecule has 236 valence electrons. The van der Waals surface area contributed by atoms with Gasteiger partial charge in [-0.1, -0.05) is 91.9 Å². The normalized spacial score (nSPS) is 16.0. The van der Waals surface area contributed by atoms with Crippen molar-refractivity contribution in [1.82, 2.24) is 14.7 Å². The lowest BCUT2D eigenvalue weighted by molar-refractivity contribution is -0.132. The second-order valence-electron chi connectivity index (χ2n) is 11.6. The molecule has 1 aliphatic rings. The molecule has 1 unspecified atom stereocenters. The minimum atomic E-state index is -0.480. The highest BCUT2D eigenvalue weighted by atomic mass is 16.2. The molecule has 2 heterocycles. The Labute approximate surface area is 268 Å². The number of carbonyl (C=O) groups is 2. The second kappa shape index (κ2) is 18.4. The van der Waals surface area contributed by atoms with E-state index < -0.39 is 5.91 Å². The predicted octanol–water partition coefficient (Wildman–Crippen LogP) is 8.75. The summed E-state index contributed by atoms with van der Waals surface area (Å²) in [4.78, 5) is 26.8. The van der Waals surface area contributed by atoms with Gasteiger partial charge >= 0.3 is 0 Å². The molecule has 2 amide bonds. The molecule has 1 aromatic heterocycles. The molecule has 0 bridgehead atoms. The fourth-order valence-corrected chi connectivity index (χ4v) is 5.65.